The molecule has 2 N–H and O–H groups in total. The lowest BCUT2D eigenvalue weighted by atomic mass is 10.1. The molecule has 3 rings (SSSR count). The first-order valence-corrected chi connectivity index (χ1v) is 7.64. The van der Waals surface area contributed by atoms with Gasteiger partial charge in [0.05, 0.1) is 0 Å². The van der Waals surface area contributed by atoms with Gasteiger partial charge in [0.2, 0.25) is 0 Å². The summed E-state index contributed by atoms with van der Waals surface area (Å²) in [6.07, 6.45) is 1.38. The second-order valence-corrected chi connectivity index (χ2v) is 5.55. The monoisotopic (exact) mass is 318 g/mol. The zero-order chi connectivity index (χ0) is 16.9. The molecule has 0 fully saturated rings. The number of benzene rings is 2. The van der Waals surface area contributed by atoms with E-state index in [-0.39, 0.29) is 5.91 Å². The highest BCUT2D eigenvalue weighted by Gasteiger charge is 2.09. The summed E-state index contributed by atoms with van der Waals surface area (Å²) in [5, 5.41) is 6.04. The fourth-order valence-corrected chi connectivity index (χ4v) is 2.36. The number of aromatic nitrogens is 2. The van der Waals surface area contributed by atoms with Gasteiger partial charge < -0.3 is 10.6 Å². The van der Waals surface area contributed by atoms with Crippen molar-refractivity contribution in [2.45, 2.75) is 13.8 Å². The molecule has 0 aliphatic heterocycles. The van der Waals surface area contributed by atoms with Gasteiger partial charge in [-0.1, -0.05) is 35.9 Å². The number of rotatable bonds is 4. The van der Waals surface area contributed by atoms with E-state index >= 15 is 0 Å². The van der Waals surface area contributed by atoms with Crippen molar-refractivity contribution in [1.29, 1.82) is 0 Å². The summed E-state index contributed by atoms with van der Waals surface area (Å²) in [6.45, 7) is 4.08. The van der Waals surface area contributed by atoms with Crippen LogP contribution in [0.5, 0.6) is 0 Å². The molecule has 120 valence electrons. The standard InChI is InChI=1S/C19H18N4O/c1-13-8-9-16(14(2)10-13)23-18-11-17(20-12-21-18)19(24)22-15-6-4-3-5-7-15/h3-12H,1-2H3,(H,22,24)(H,20,21,23). The summed E-state index contributed by atoms with van der Waals surface area (Å²) < 4.78 is 0. The molecule has 0 bridgehead atoms. The zero-order valence-corrected chi connectivity index (χ0v) is 13.6. The van der Waals surface area contributed by atoms with Crippen LogP contribution in [0.4, 0.5) is 17.2 Å². The Morgan fingerprint density at radius 3 is 2.50 bits per heavy atom. The quantitative estimate of drug-likeness (QED) is 0.760. The van der Waals surface area contributed by atoms with Crippen LogP contribution in [0.25, 0.3) is 0 Å². The number of carbonyl (C=O) groups excluding carboxylic acids is 1. The van der Waals surface area contributed by atoms with Crippen LogP contribution in [-0.4, -0.2) is 15.9 Å². The molecule has 5 nitrogen and oxygen atoms in total. The van der Waals surface area contributed by atoms with Crippen LogP contribution in [0, 0.1) is 13.8 Å². The molecular weight excluding hydrogens is 300 g/mol. The van der Waals surface area contributed by atoms with Gasteiger partial charge in [0.25, 0.3) is 5.91 Å². The normalized spacial score (nSPS) is 10.2. The third kappa shape index (κ3) is 3.76. The summed E-state index contributed by atoms with van der Waals surface area (Å²) in [4.78, 5) is 20.5. The highest BCUT2D eigenvalue weighted by molar-refractivity contribution is 6.03. The minimum atomic E-state index is -0.271. The number of aryl methyl sites for hydroxylation is 2. The Hall–Kier alpha value is -3.21. The van der Waals surface area contributed by atoms with Gasteiger partial charge in [0.15, 0.2) is 0 Å². The van der Waals surface area contributed by atoms with Gasteiger partial charge >= 0.3 is 0 Å². The summed E-state index contributed by atoms with van der Waals surface area (Å²) in [5.41, 5.74) is 4.30. The minimum absolute atomic E-state index is 0.271. The molecule has 0 unspecified atom stereocenters. The number of hydrogen-bond donors (Lipinski definition) is 2. The molecule has 1 aromatic heterocycles. The SMILES string of the molecule is Cc1ccc(Nc2cc(C(=O)Nc3ccccc3)ncn2)c(C)c1. The number of nitrogens with one attached hydrogen (secondary N) is 2. The van der Waals surface area contributed by atoms with Gasteiger partial charge in [-0.15, -0.1) is 0 Å². The van der Waals surface area contributed by atoms with Crippen LogP contribution in [0.1, 0.15) is 21.6 Å². The third-order valence-corrected chi connectivity index (χ3v) is 3.58. The van der Waals surface area contributed by atoms with Gasteiger partial charge in [0.1, 0.15) is 17.8 Å². The van der Waals surface area contributed by atoms with E-state index in [2.05, 4.69) is 26.7 Å². The molecule has 3 aromatic rings. The molecule has 0 aliphatic carbocycles. The summed E-state index contributed by atoms with van der Waals surface area (Å²) in [6, 6.07) is 17.0. The first-order valence-electron chi connectivity index (χ1n) is 7.64. The Morgan fingerprint density at radius 1 is 0.958 bits per heavy atom. The minimum Gasteiger partial charge on any atom is -0.340 e. The maximum atomic E-state index is 12.3. The van der Waals surface area contributed by atoms with E-state index in [1.54, 1.807) is 6.07 Å². The molecule has 0 aliphatic rings. The van der Waals surface area contributed by atoms with Crippen LogP contribution in [0.3, 0.4) is 0 Å². The number of hydrogen-bond acceptors (Lipinski definition) is 4. The van der Waals surface area contributed by atoms with Crippen LogP contribution in [0.2, 0.25) is 0 Å². The summed E-state index contributed by atoms with van der Waals surface area (Å²) in [5.74, 6) is 0.308. The lowest BCUT2D eigenvalue weighted by Crippen LogP contribution is -2.14. The number of nitrogens with zero attached hydrogens (tertiary/aromatic N) is 2. The Balaban J connectivity index is 1.77. The average molecular weight is 318 g/mol. The molecule has 2 aromatic carbocycles. The van der Waals surface area contributed by atoms with E-state index in [0.717, 1.165) is 16.9 Å². The van der Waals surface area contributed by atoms with Crippen molar-refractivity contribution in [1.82, 2.24) is 9.97 Å². The molecule has 0 saturated heterocycles. The van der Waals surface area contributed by atoms with Gasteiger partial charge in [-0.3, -0.25) is 4.79 Å². The lowest BCUT2D eigenvalue weighted by Gasteiger charge is -2.10. The number of amides is 1. The van der Waals surface area contributed by atoms with E-state index in [1.807, 2.05) is 56.3 Å². The molecule has 0 radical (unpaired) electrons. The van der Waals surface area contributed by atoms with Crippen molar-refractivity contribution in [3.05, 3.63) is 77.7 Å². The van der Waals surface area contributed by atoms with Crippen molar-refractivity contribution >= 4 is 23.1 Å². The molecule has 1 amide bonds. The predicted octanol–water partition coefficient (Wildman–Crippen LogP) is 4.09. The predicted molar refractivity (Wildman–Crippen MR) is 95.6 cm³/mol. The Morgan fingerprint density at radius 2 is 1.75 bits per heavy atom. The highest BCUT2D eigenvalue weighted by atomic mass is 16.1. The Bertz CT molecular complexity index is 862. The van der Waals surface area contributed by atoms with Crippen molar-refractivity contribution in [3.8, 4) is 0 Å². The van der Waals surface area contributed by atoms with Crippen molar-refractivity contribution in [2.24, 2.45) is 0 Å². The average Bonchev–Trinajstić information content (AvgIpc) is 2.59. The molecular formula is C19H18N4O. The molecule has 24 heavy (non-hydrogen) atoms. The third-order valence-electron chi connectivity index (χ3n) is 3.58. The fourth-order valence-electron chi connectivity index (χ4n) is 2.36. The highest BCUT2D eigenvalue weighted by Crippen LogP contribution is 2.20. The van der Waals surface area contributed by atoms with Crippen molar-refractivity contribution < 1.29 is 4.79 Å². The van der Waals surface area contributed by atoms with Gasteiger partial charge in [-0.05, 0) is 37.6 Å². The number of anilines is 3. The second-order valence-electron chi connectivity index (χ2n) is 5.55. The first kappa shape index (κ1) is 15.7. The van der Waals surface area contributed by atoms with Crippen molar-refractivity contribution in [3.63, 3.8) is 0 Å². The van der Waals surface area contributed by atoms with Crippen LogP contribution < -0.4 is 10.6 Å². The van der Waals surface area contributed by atoms with Crippen LogP contribution >= 0.6 is 0 Å². The van der Waals surface area contributed by atoms with E-state index < -0.39 is 0 Å². The van der Waals surface area contributed by atoms with E-state index in [4.69, 9.17) is 0 Å². The van der Waals surface area contributed by atoms with Crippen LogP contribution in [0.15, 0.2) is 60.9 Å². The summed E-state index contributed by atoms with van der Waals surface area (Å²) in [7, 11) is 0. The smallest absolute Gasteiger partial charge is 0.274 e. The fraction of sp³-hybridized carbons (Fsp3) is 0.105. The van der Waals surface area contributed by atoms with Crippen molar-refractivity contribution in [2.75, 3.05) is 10.6 Å². The topological polar surface area (TPSA) is 66.9 Å². The second kappa shape index (κ2) is 6.91. The van der Waals surface area contributed by atoms with Gasteiger partial charge in [-0.25, -0.2) is 9.97 Å². The maximum Gasteiger partial charge on any atom is 0.274 e. The van der Waals surface area contributed by atoms with E-state index in [9.17, 15) is 4.79 Å². The van der Waals surface area contributed by atoms with Gasteiger partial charge in [-0.2, -0.15) is 0 Å². The molecule has 5 heteroatoms. The zero-order valence-electron chi connectivity index (χ0n) is 13.6. The number of para-hydroxylation sites is 1. The Labute approximate surface area is 140 Å². The van der Waals surface area contributed by atoms with Gasteiger partial charge in [0, 0.05) is 17.4 Å². The van der Waals surface area contributed by atoms with E-state index in [1.165, 1.54) is 11.9 Å². The van der Waals surface area contributed by atoms with Crippen LogP contribution in [-0.2, 0) is 0 Å². The Kier molecular flexibility index (Phi) is 4.52. The number of carbonyl (C=O) groups is 1. The maximum absolute atomic E-state index is 12.3. The molecule has 0 atom stereocenters. The first-order chi connectivity index (χ1) is 11.6. The molecule has 0 spiro atoms. The summed E-state index contributed by atoms with van der Waals surface area (Å²) >= 11 is 0. The lowest BCUT2D eigenvalue weighted by molar-refractivity contribution is 0.102. The molecule has 1 heterocycles. The molecule has 0 saturated carbocycles. The van der Waals surface area contributed by atoms with E-state index in [0.29, 0.717) is 11.5 Å². The largest absolute Gasteiger partial charge is 0.340 e.